The second kappa shape index (κ2) is 9.47. The lowest BCUT2D eigenvalue weighted by Gasteiger charge is -2.29. The number of benzene rings is 1. The van der Waals surface area contributed by atoms with Gasteiger partial charge in [-0.1, -0.05) is 19.8 Å². The average Bonchev–Trinajstić information content (AvgIpc) is 2.68. The van der Waals surface area contributed by atoms with Crippen LogP contribution in [0, 0.1) is 10.7 Å². The van der Waals surface area contributed by atoms with Crippen LogP contribution < -0.4 is 10.9 Å². The number of nitrogens with zero attached hydrogens (tertiary/aromatic N) is 1. The highest BCUT2D eigenvalue weighted by Crippen LogP contribution is 2.24. The Morgan fingerprint density at radius 1 is 1.36 bits per heavy atom. The molecule has 1 aromatic carbocycles. The quantitative estimate of drug-likeness (QED) is 0.545. The molecule has 0 aliphatic heterocycles. The van der Waals surface area contributed by atoms with Crippen LogP contribution in [0.5, 0.6) is 0 Å². The highest BCUT2D eigenvalue weighted by molar-refractivity contribution is 7.71. The number of H-pyrrole nitrogens is 1. The Balaban J connectivity index is 1.80. The number of hydrogen-bond donors (Lipinski definition) is 2. The first-order chi connectivity index (χ1) is 13.5. The highest BCUT2D eigenvalue weighted by atomic mass is 32.1. The van der Waals surface area contributed by atoms with Crippen molar-refractivity contribution in [3.05, 3.63) is 38.9 Å². The summed E-state index contributed by atoms with van der Waals surface area (Å²) in [5.74, 6) is 0.397. The third-order valence-electron chi connectivity index (χ3n) is 5.55. The number of hydrogen-bond acceptors (Lipinski definition) is 4. The van der Waals surface area contributed by atoms with E-state index in [1.54, 1.807) is 22.8 Å². The molecule has 1 aromatic heterocycles. The van der Waals surface area contributed by atoms with Crippen molar-refractivity contribution < 1.29 is 9.53 Å². The molecule has 152 valence electrons. The zero-order chi connectivity index (χ0) is 20.1. The number of ether oxygens (including phenoxy) is 1. The topological polar surface area (TPSA) is 76.1 Å². The minimum Gasteiger partial charge on any atom is -0.382 e. The van der Waals surface area contributed by atoms with Gasteiger partial charge in [0.05, 0.1) is 10.9 Å². The number of carbonyl (C=O) groups is 1. The zero-order valence-corrected chi connectivity index (χ0v) is 17.4. The summed E-state index contributed by atoms with van der Waals surface area (Å²) < 4.78 is 7.25. The molecule has 28 heavy (non-hydrogen) atoms. The maximum absolute atomic E-state index is 12.8. The fraction of sp³-hybridized carbons (Fsp3) is 0.571. The Kier molecular flexibility index (Phi) is 7.02. The molecule has 0 spiro atoms. The van der Waals surface area contributed by atoms with Crippen molar-refractivity contribution >= 4 is 29.0 Å². The SMILES string of the molecule is CCOCCCn1c(=S)[nH]c2cc(C(=O)N[C@H]3CCCC[C@@H]3C)ccc2c1=O. The van der Waals surface area contributed by atoms with Crippen LogP contribution in [-0.4, -0.2) is 34.7 Å². The molecule has 1 aliphatic rings. The summed E-state index contributed by atoms with van der Waals surface area (Å²) in [6, 6.07) is 5.36. The predicted octanol–water partition coefficient (Wildman–Crippen LogP) is 3.79. The summed E-state index contributed by atoms with van der Waals surface area (Å²) in [5, 5.41) is 3.69. The predicted molar refractivity (Wildman–Crippen MR) is 113 cm³/mol. The average molecular weight is 404 g/mol. The molecule has 2 atom stereocenters. The normalized spacial score (nSPS) is 19.6. The van der Waals surface area contributed by atoms with Crippen LogP contribution in [0.25, 0.3) is 10.9 Å². The molecule has 2 aromatic rings. The molecule has 1 fully saturated rings. The van der Waals surface area contributed by atoms with E-state index < -0.39 is 0 Å². The maximum Gasteiger partial charge on any atom is 0.262 e. The number of nitrogens with one attached hydrogen (secondary N) is 2. The van der Waals surface area contributed by atoms with Gasteiger partial charge in [0.25, 0.3) is 11.5 Å². The standard InChI is InChI=1S/C21H29N3O3S/c1-3-27-12-6-11-24-20(26)16-10-9-15(13-18(16)23-21(24)28)19(25)22-17-8-5-4-7-14(17)2/h9-10,13-14,17H,3-8,11-12H2,1-2H3,(H,22,25)(H,23,28)/t14-,17-/m0/s1. The number of rotatable bonds is 7. The lowest BCUT2D eigenvalue weighted by Crippen LogP contribution is -2.41. The molecule has 0 unspecified atom stereocenters. The fourth-order valence-corrected chi connectivity index (χ4v) is 4.13. The van der Waals surface area contributed by atoms with Crippen LogP contribution in [0.3, 0.4) is 0 Å². The van der Waals surface area contributed by atoms with Gasteiger partial charge in [0, 0.05) is 31.4 Å². The summed E-state index contributed by atoms with van der Waals surface area (Å²) in [6.07, 6.45) is 5.28. The summed E-state index contributed by atoms with van der Waals surface area (Å²) in [7, 11) is 0. The van der Waals surface area contributed by atoms with Crippen LogP contribution in [0.2, 0.25) is 0 Å². The third-order valence-corrected chi connectivity index (χ3v) is 5.87. The van der Waals surface area contributed by atoms with Crippen molar-refractivity contribution in [2.24, 2.45) is 5.92 Å². The van der Waals surface area contributed by atoms with E-state index in [1.807, 2.05) is 6.92 Å². The van der Waals surface area contributed by atoms with E-state index in [2.05, 4.69) is 17.2 Å². The largest absolute Gasteiger partial charge is 0.382 e. The molecule has 2 N–H and O–H groups in total. The summed E-state index contributed by atoms with van der Waals surface area (Å²) in [6.45, 7) is 5.89. The Morgan fingerprint density at radius 2 is 2.14 bits per heavy atom. The van der Waals surface area contributed by atoms with Crippen molar-refractivity contribution in [3.8, 4) is 0 Å². The monoisotopic (exact) mass is 403 g/mol. The highest BCUT2D eigenvalue weighted by Gasteiger charge is 2.23. The summed E-state index contributed by atoms with van der Waals surface area (Å²) >= 11 is 5.37. The van der Waals surface area contributed by atoms with Crippen molar-refractivity contribution in [2.45, 2.75) is 58.5 Å². The number of amides is 1. The van der Waals surface area contributed by atoms with Gasteiger partial charge in [-0.3, -0.25) is 14.2 Å². The Hall–Kier alpha value is -1.99. The van der Waals surface area contributed by atoms with Gasteiger partial charge >= 0.3 is 0 Å². The molecular formula is C21H29N3O3S. The number of fused-ring (bicyclic) bond motifs is 1. The van der Waals surface area contributed by atoms with Crippen molar-refractivity contribution in [3.63, 3.8) is 0 Å². The van der Waals surface area contributed by atoms with Crippen molar-refractivity contribution in [1.29, 1.82) is 0 Å². The van der Waals surface area contributed by atoms with Gasteiger partial charge in [-0.15, -0.1) is 0 Å². The minimum atomic E-state index is -0.136. The van der Waals surface area contributed by atoms with Crippen LogP contribution in [0.15, 0.2) is 23.0 Å². The number of aromatic amines is 1. The molecule has 6 nitrogen and oxygen atoms in total. The van der Waals surface area contributed by atoms with E-state index in [0.717, 1.165) is 25.7 Å². The second-order valence-corrected chi connectivity index (χ2v) is 7.93. The zero-order valence-electron chi connectivity index (χ0n) is 16.6. The first-order valence-electron chi connectivity index (χ1n) is 10.2. The summed E-state index contributed by atoms with van der Waals surface area (Å²) in [4.78, 5) is 28.6. The molecular weight excluding hydrogens is 374 g/mol. The fourth-order valence-electron chi connectivity index (χ4n) is 3.85. The molecule has 0 radical (unpaired) electrons. The molecule has 1 heterocycles. The first-order valence-corrected chi connectivity index (χ1v) is 10.6. The molecule has 1 saturated carbocycles. The van der Waals surface area contributed by atoms with Gasteiger partial charge < -0.3 is 15.0 Å². The van der Waals surface area contributed by atoms with Crippen molar-refractivity contribution in [2.75, 3.05) is 13.2 Å². The molecule has 1 aliphatic carbocycles. The Morgan fingerprint density at radius 3 is 2.89 bits per heavy atom. The van der Waals surface area contributed by atoms with E-state index in [1.165, 1.54) is 6.42 Å². The lowest BCUT2D eigenvalue weighted by atomic mass is 9.86. The van der Waals surface area contributed by atoms with Gasteiger partial charge in [-0.2, -0.15) is 0 Å². The van der Waals surface area contributed by atoms with Crippen molar-refractivity contribution in [1.82, 2.24) is 14.9 Å². The van der Waals surface area contributed by atoms with Gasteiger partial charge in [0.2, 0.25) is 0 Å². The van der Waals surface area contributed by atoms with Gasteiger partial charge in [-0.25, -0.2) is 0 Å². The van der Waals surface area contributed by atoms with E-state index >= 15 is 0 Å². The Labute approximate surface area is 170 Å². The number of aromatic nitrogens is 2. The molecule has 0 saturated heterocycles. The van der Waals surface area contributed by atoms with E-state index in [4.69, 9.17) is 17.0 Å². The smallest absolute Gasteiger partial charge is 0.262 e. The first kappa shape index (κ1) is 20.7. The van der Waals surface area contributed by atoms with E-state index in [9.17, 15) is 9.59 Å². The van der Waals surface area contributed by atoms with Crippen LogP contribution in [0.1, 0.15) is 56.3 Å². The minimum absolute atomic E-state index is 0.0964. The van der Waals surface area contributed by atoms with Crippen LogP contribution >= 0.6 is 12.2 Å². The maximum atomic E-state index is 12.8. The van der Waals surface area contributed by atoms with Crippen LogP contribution in [0.4, 0.5) is 0 Å². The number of carbonyl (C=O) groups excluding carboxylic acids is 1. The van der Waals surface area contributed by atoms with Gasteiger partial charge in [0.1, 0.15) is 0 Å². The molecule has 3 rings (SSSR count). The summed E-state index contributed by atoms with van der Waals surface area (Å²) in [5.41, 5.74) is 1.01. The van der Waals surface area contributed by atoms with E-state index in [0.29, 0.717) is 46.9 Å². The van der Waals surface area contributed by atoms with Crippen LogP contribution in [-0.2, 0) is 11.3 Å². The van der Waals surface area contributed by atoms with Gasteiger partial charge in [0.15, 0.2) is 4.77 Å². The molecule has 1 amide bonds. The molecule has 0 bridgehead atoms. The Bertz CT molecular complexity index is 950. The van der Waals surface area contributed by atoms with E-state index in [-0.39, 0.29) is 17.5 Å². The lowest BCUT2D eigenvalue weighted by molar-refractivity contribution is 0.0910. The second-order valence-electron chi connectivity index (χ2n) is 7.54. The van der Waals surface area contributed by atoms with Gasteiger partial charge in [-0.05, 0) is 62.5 Å². The third kappa shape index (κ3) is 4.70. The molecule has 7 heteroatoms.